The van der Waals surface area contributed by atoms with E-state index in [1.54, 1.807) is 12.1 Å². The average Bonchev–Trinajstić information content (AvgIpc) is 3.72. The molecule has 11 nitrogen and oxygen atoms in total. The van der Waals surface area contributed by atoms with Crippen molar-refractivity contribution >= 4 is 29.7 Å². The maximum atomic E-state index is 13.9. The normalized spacial score (nSPS) is 25.1. The lowest BCUT2D eigenvalue weighted by atomic mass is 9.97. The van der Waals surface area contributed by atoms with Gasteiger partial charge < -0.3 is 39.6 Å². The lowest BCUT2D eigenvalue weighted by Gasteiger charge is -2.33. The molecule has 3 heterocycles. The van der Waals surface area contributed by atoms with Gasteiger partial charge in [0.1, 0.15) is 17.9 Å². The Hall–Kier alpha value is -3.32. The largest absolute Gasteiger partial charge is 0.494 e. The van der Waals surface area contributed by atoms with Crippen LogP contribution in [0.4, 0.5) is 4.79 Å². The van der Waals surface area contributed by atoms with Gasteiger partial charge in [-0.15, -0.1) is 11.8 Å². The lowest BCUT2D eigenvalue weighted by molar-refractivity contribution is -0.147. The second kappa shape index (κ2) is 14.2. The third kappa shape index (κ3) is 7.48. The van der Waals surface area contributed by atoms with Crippen molar-refractivity contribution in [2.45, 2.75) is 75.5 Å². The van der Waals surface area contributed by atoms with Gasteiger partial charge in [-0.3, -0.25) is 9.59 Å². The summed E-state index contributed by atoms with van der Waals surface area (Å²) in [6.45, 7) is 7.28. The third-order valence-corrected chi connectivity index (χ3v) is 9.63. The molecule has 3 N–H and O–H groups in total. The molecule has 0 saturated carbocycles. The fourth-order valence-corrected chi connectivity index (χ4v) is 7.03. The second-order valence-electron chi connectivity index (χ2n) is 11.7. The first-order valence-electron chi connectivity index (χ1n) is 15.0. The van der Waals surface area contributed by atoms with Crippen LogP contribution in [0.5, 0.6) is 5.75 Å². The van der Waals surface area contributed by atoms with Gasteiger partial charge in [0, 0.05) is 11.3 Å². The Bertz CT molecular complexity index is 1290. The van der Waals surface area contributed by atoms with E-state index in [-0.39, 0.29) is 37.0 Å². The molecule has 0 spiro atoms. The minimum atomic E-state index is -1.64. The van der Waals surface area contributed by atoms with Gasteiger partial charge in [-0.2, -0.15) is 0 Å². The minimum Gasteiger partial charge on any atom is -0.494 e. The molecule has 12 heteroatoms. The number of amides is 3. The minimum absolute atomic E-state index is 0.0594. The van der Waals surface area contributed by atoms with E-state index < -0.39 is 41.0 Å². The highest BCUT2D eigenvalue weighted by Gasteiger charge is 2.50. The highest BCUT2D eigenvalue weighted by Crippen LogP contribution is 2.40. The third-order valence-electron chi connectivity index (χ3n) is 8.26. The second-order valence-corrected chi connectivity index (χ2v) is 13.3. The number of nitrogens with one attached hydrogen (secondary N) is 2. The number of hydrogen-bond acceptors (Lipinski definition) is 9. The molecule has 3 saturated heterocycles. The molecule has 3 fully saturated rings. The van der Waals surface area contributed by atoms with Gasteiger partial charge in [0.05, 0.1) is 37.7 Å². The molecular formula is C32H41N3O8S. The maximum absolute atomic E-state index is 13.9. The molecule has 44 heavy (non-hydrogen) atoms. The summed E-state index contributed by atoms with van der Waals surface area (Å²) < 4.78 is 21.7. The van der Waals surface area contributed by atoms with Crippen LogP contribution in [-0.2, 0) is 36.8 Å². The SMILES string of the molecule is CCOc1ccc(C[C@H](NC(=O)O[C@@H]2CO[C@@H]3OCC[C@@H]32)[C@H](O)C(=O)N2CSC(C)(C)[C@H]2C(=O)NCc2ccccc2)cc1. The highest BCUT2D eigenvalue weighted by atomic mass is 32.2. The molecule has 0 unspecified atom stereocenters. The zero-order valence-electron chi connectivity index (χ0n) is 25.3. The predicted octanol–water partition coefficient (Wildman–Crippen LogP) is 2.84. The van der Waals surface area contributed by atoms with Crippen LogP contribution < -0.4 is 15.4 Å². The van der Waals surface area contributed by atoms with Gasteiger partial charge in [0.2, 0.25) is 5.91 Å². The van der Waals surface area contributed by atoms with Crippen LogP contribution in [-0.4, -0.2) is 88.9 Å². The summed E-state index contributed by atoms with van der Waals surface area (Å²) in [4.78, 5) is 41.9. The average molecular weight is 628 g/mol. The van der Waals surface area contributed by atoms with Crippen molar-refractivity contribution in [1.82, 2.24) is 15.5 Å². The number of benzene rings is 2. The van der Waals surface area contributed by atoms with E-state index in [4.69, 9.17) is 18.9 Å². The molecule has 3 aliphatic rings. The quantitative estimate of drug-likeness (QED) is 0.344. The summed E-state index contributed by atoms with van der Waals surface area (Å²) >= 11 is 1.46. The van der Waals surface area contributed by atoms with Gasteiger partial charge >= 0.3 is 6.09 Å². The molecule has 0 bridgehead atoms. The molecule has 3 amide bonds. The zero-order valence-corrected chi connectivity index (χ0v) is 26.1. The number of ether oxygens (including phenoxy) is 4. The van der Waals surface area contributed by atoms with Crippen molar-refractivity contribution in [3.63, 3.8) is 0 Å². The van der Waals surface area contributed by atoms with E-state index >= 15 is 0 Å². The van der Waals surface area contributed by atoms with Crippen molar-refractivity contribution in [2.75, 3.05) is 25.7 Å². The van der Waals surface area contributed by atoms with Crippen LogP contribution in [0.2, 0.25) is 0 Å². The Morgan fingerprint density at radius 2 is 1.84 bits per heavy atom. The summed E-state index contributed by atoms with van der Waals surface area (Å²) in [5.41, 5.74) is 1.70. The van der Waals surface area contributed by atoms with E-state index in [1.165, 1.54) is 16.7 Å². The summed E-state index contributed by atoms with van der Waals surface area (Å²) in [6.07, 6.45) is -2.43. The van der Waals surface area contributed by atoms with Crippen LogP contribution in [0.3, 0.4) is 0 Å². The molecule has 3 aliphatic heterocycles. The maximum Gasteiger partial charge on any atom is 0.407 e. The highest BCUT2D eigenvalue weighted by molar-refractivity contribution is 8.00. The van der Waals surface area contributed by atoms with Crippen molar-refractivity contribution in [3.05, 3.63) is 65.7 Å². The zero-order chi connectivity index (χ0) is 31.3. The van der Waals surface area contributed by atoms with Gasteiger partial charge in [-0.05, 0) is 56.9 Å². The number of nitrogens with zero attached hydrogens (tertiary/aromatic N) is 1. The molecular weight excluding hydrogens is 586 g/mol. The molecule has 238 valence electrons. The van der Waals surface area contributed by atoms with Crippen LogP contribution in [0.1, 0.15) is 38.3 Å². The van der Waals surface area contributed by atoms with Gasteiger partial charge in [-0.1, -0.05) is 42.5 Å². The van der Waals surface area contributed by atoms with E-state index in [1.807, 2.05) is 63.2 Å². The first-order chi connectivity index (χ1) is 21.2. The van der Waals surface area contributed by atoms with E-state index in [0.29, 0.717) is 25.5 Å². The number of aliphatic hydroxyl groups is 1. The van der Waals surface area contributed by atoms with Gasteiger partial charge in [0.25, 0.3) is 5.91 Å². The summed E-state index contributed by atoms with van der Waals surface area (Å²) in [5.74, 6) is -0.111. The standard InChI is InChI=1S/C32H41N3O8S/c1-4-40-22-12-10-20(11-13-22)16-24(34-31(39)43-25-18-42-30-23(25)14-15-41-30)26(36)29(38)35-19-44-32(2,3)27(35)28(37)33-17-21-8-6-5-7-9-21/h5-13,23-27,30,36H,4,14-19H2,1-3H3,(H,33,37)(H,34,39)/t23-,24+,25-,26+,27-,30+/m1/s1. The number of thioether (sulfide) groups is 1. The Kier molecular flexibility index (Phi) is 10.3. The molecule has 5 rings (SSSR count). The van der Waals surface area contributed by atoms with E-state index in [0.717, 1.165) is 17.5 Å². The van der Waals surface area contributed by atoms with Crippen molar-refractivity contribution < 1.29 is 38.4 Å². The lowest BCUT2D eigenvalue weighted by Crippen LogP contribution is -2.58. The molecule has 6 atom stereocenters. The summed E-state index contributed by atoms with van der Waals surface area (Å²) in [5, 5.41) is 17.2. The van der Waals surface area contributed by atoms with Crippen molar-refractivity contribution in [3.8, 4) is 5.75 Å². The van der Waals surface area contributed by atoms with Gasteiger partial charge in [0.15, 0.2) is 12.4 Å². The number of hydrogen-bond donors (Lipinski definition) is 3. The molecule has 0 aromatic heterocycles. The number of rotatable bonds is 11. The van der Waals surface area contributed by atoms with E-state index in [2.05, 4.69) is 10.6 Å². The Labute approximate surface area is 261 Å². The molecule has 0 radical (unpaired) electrons. The van der Waals surface area contributed by atoms with Crippen LogP contribution in [0.25, 0.3) is 0 Å². The molecule has 2 aromatic rings. The molecule has 2 aromatic carbocycles. The Morgan fingerprint density at radius 1 is 1.09 bits per heavy atom. The topological polar surface area (TPSA) is 136 Å². The number of aliphatic hydroxyl groups excluding tert-OH is 1. The van der Waals surface area contributed by atoms with Crippen LogP contribution >= 0.6 is 11.8 Å². The van der Waals surface area contributed by atoms with Crippen molar-refractivity contribution in [2.24, 2.45) is 5.92 Å². The van der Waals surface area contributed by atoms with E-state index in [9.17, 15) is 19.5 Å². The Morgan fingerprint density at radius 3 is 2.57 bits per heavy atom. The first kappa shape index (κ1) is 32.1. The number of fused-ring (bicyclic) bond motifs is 1. The van der Waals surface area contributed by atoms with Crippen molar-refractivity contribution in [1.29, 1.82) is 0 Å². The fourth-order valence-electron chi connectivity index (χ4n) is 5.89. The predicted molar refractivity (Wildman–Crippen MR) is 164 cm³/mol. The number of alkyl carbamates (subject to hydrolysis) is 1. The summed E-state index contributed by atoms with van der Waals surface area (Å²) in [7, 11) is 0. The number of carbonyl (C=O) groups excluding carboxylic acids is 3. The van der Waals surface area contributed by atoms with Crippen LogP contribution in [0.15, 0.2) is 54.6 Å². The fraction of sp³-hybridized carbons (Fsp3) is 0.531. The monoisotopic (exact) mass is 627 g/mol. The van der Waals surface area contributed by atoms with Gasteiger partial charge in [-0.25, -0.2) is 4.79 Å². The molecule has 0 aliphatic carbocycles. The Balaban J connectivity index is 1.30. The summed E-state index contributed by atoms with van der Waals surface area (Å²) in [6, 6.07) is 14.9. The smallest absolute Gasteiger partial charge is 0.407 e. The number of carbonyl (C=O) groups is 3. The van der Waals surface area contributed by atoms with Crippen LogP contribution in [0, 0.1) is 5.92 Å². The first-order valence-corrected chi connectivity index (χ1v) is 16.0.